The Balaban J connectivity index is 1.57. The number of thioether (sulfide) groups is 1. The second kappa shape index (κ2) is 7.28. The van der Waals surface area contributed by atoms with Gasteiger partial charge in [-0.1, -0.05) is 11.8 Å². The van der Waals surface area contributed by atoms with Gasteiger partial charge in [0.05, 0.1) is 0 Å². The van der Waals surface area contributed by atoms with E-state index < -0.39 is 18.2 Å². The lowest BCUT2D eigenvalue weighted by Gasteiger charge is -2.35. The van der Waals surface area contributed by atoms with Crippen molar-refractivity contribution in [3.8, 4) is 0 Å². The predicted octanol–water partition coefficient (Wildman–Crippen LogP) is 1.52. The Morgan fingerprint density at radius 3 is 2.64 bits per heavy atom. The van der Waals surface area contributed by atoms with Gasteiger partial charge in [0.2, 0.25) is 0 Å². The number of urea groups is 1. The van der Waals surface area contributed by atoms with Crippen LogP contribution in [0.2, 0.25) is 0 Å². The summed E-state index contributed by atoms with van der Waals surface area (Å²) >= 11 is 5.01. The number of aliphatic imine (C=N–C) groups is 1. The second-order valence-corrected chi connectivity index (χ2v) is 7.76. The fraction of sp³-hybridized carbons (Fsp3) is 0.533. The lowest BCUT2D eigenvalue weighted by Crippen LogP contribution is -2.63. The average Bonchev–Trinajstić information content (AvgIpc) is 2.86. The number of amidine groups is 1. The van der Waals surface area contributed by atoms with Crippen molar-refractivity contribution < 1.29 is 9.59 Å². The summed E-state index contributed by atoms with van der Waals surface area (Å²) in [6, 6.07) is 1.04. The molecule has 10 heteroatoms. The molecule has 1 aromatic heterocycles. The maximum atomic E-state index is 12.2. The first-order valence-electron chi connectivity index (χ1n) is 7.89. The number of halogens is 1. The number of amides is 3. The van der Waals surface area contributed by atoms with Crippen molar-refractivity contribution in [3.05, 3.63) is 17.5 Å². The van der Waals surface area contributed by atoms with Gasteiger partial charge in [0.15, 0.2) is 22.1 Å². The molecule has 0 aliphatic carbocycles. The quantitative estimate of drug-likeness (QED) is 0.332. The second-order valence-electron chi connectivity index (χ2n) is 5.99. The minimum atomic E-state index is -0.487. The highest BCUT2D eigenvalue weighted by molar-refractivity contribution is 9.18. The molecule has 0 radical (unpaired) electrons. The van der Waals surface area contributed by atoms with Gasteiger partial charge in [0.25, 0.3) is 5.91 Å². The van der Waals surface area contributed by atoms with E-state index in [1.807, 2.05) is 24.8 Å². The molecule has 0 saturated carbocycles. The van der Waals surface area contributed by atoms with E-state index in [0.717, 1.165) is 28.7 Å². The van der Waals surface area contributed by atoms with E-state index in [1.165, 1.54) is 4.90 Å². The highest BCUT2D eigenvalue weighted by atomic mass is 79.9. The number of hydrogen-bond acceptors (Lipinski definition) is 7. The first-order valence-corrected chi connectivity index (χ1v) is 9.67. The number of carbonyl (C=O) groups excluding carboxylic acids is 2. The third-order valence-electron chi connectivity index (χ3n) is 4.05. The minimum absolute atomic E-state index is 0.309. The van der Waals surface area contributed by atoms with Crippen LogP contribution in [0.25, 0.3) is 0 Å². The molecule has 25 heavy (non-hydrogen) atoms. The van der Waals surface area contributed by atoms with Crippen molar-refractivity contribution in [2.24, 2.45) is 4.99 Å². The lowest BCUT2D eigenvalue weighted by molar-refractivity contribution is -0.127. The van der Waals surface area contributed by atoms with Gasteiger partial charge in [0, 0.05) is 30.7 Å². The molecule has 1 saturated heterocycles. The van der Waals surface area contributed by atoms with Gasteiger partial charge in [-0.2, -0.15) is 0 Å². The van der Waals surface area contributed by atoms with Crippen LogP contribution in [0.4, 0.5) is 4.79 Å². The van der Waals surface area contributed by atoms with Crippen molar-refractivity contribution in [2.45, 2.75) is 37.6 Å². The number of fused-ring (bicyclic) bond motifs is 1. The smallest absolute Gasteiger partial charge is 0.325 e. The Hall–Kier alpha value is -1.68. The molecule has 134 valence electrons. The van der Waals surface area contributed by atoms with Crippen molar-refractivity contribution >= 4 is 44.4 Å². The molecule has 2 unspecified atom stereocenters. The maximum absolute atomic E-state index is 12.2. The molecule has 1 fully saturated rings. The fourth-order valence-corrected chi connectivity index (χ4v) is 4.36. The molecule has 8 nitrogen and oxygen atoms in total. The van der Waals surface area contributed by atoms with Gasteiger partial charge >= 0.3 is 6.03 Å². The molecule has 3 amide bonds. The van der Waals surface area contributed by atoms with E-state index in [2.05, 4.69) is 36.2 Å². The van der Waals surface area contributed by atoms with Gasteiger partial charge in [-0.25, -0.2) is 19.8 Å². The van der Waals surface area contributed by atoms with Crippen LogP contribution in [0, 0.1) is 13.8 Å². The van der Waals surface area contributed by atoms with E-state index >= 15 is 0 Å². The molecule has 1 N–H and O–H groups in total. The number of aromatic nitrogens is 2. The van der Waals surface area contributed by atoms with Gasteiger partial charge < -0.3 is 9.80 Å². The Labute approximate surface area is 158 Å². The summed E-state index contributed by atoms with van der Waals surface area (Å²) in [7, 11) is 1.64. The van der Waals surface area contributed by atoms with Gasteiger partial charge in [-0.15, -0.1) is 0 Å². The Kier molecular flexibility index (Phi) is 5.28. The molecule has 0 bridgehead atoms. The van der Waals surface area contributed by atoms with E-state index in [4.69, 9.17) is 0 Å². The predicted molar refractivity (Wildman–Crippen MR) is 98.8 cm³/mol. The minimum Gasteiger partial charge on any atom is -0.335 e. The molecular weight excluding hydrogens is 408 g/mol. The molecule has 2 aliphatic heterocycles. The van der Waals surface area contributed by atoms with Gasteiger partial charge in [0.1, 0.15) is 0 Å². The van der Waals surface area contributed by atoms with Crippen molar-refractivity contribution in [2.75, 3.05) is 19.3 Å². The Morgan fingerprint density at radius 2 is 1.96 bits per heavy atom. The number of hydrogen-bond donors (Lipinski definition) is 1. The van der Waals surface area contributed by atoms with Crippen LogP contribution in [0.5, 0.6) is 0 Å². The van der Waals surface area contributed by atoms with Crippen molar-refractivity contribution in [3.63, 3.8) is 0 Å². The van der Waals surface area contributed by atoms with E-state index in [1.54, 1.807) is 18.8 Å². The first-order chi connectivity index (χ1) is 11.9. The van der Waals surface area contributed by atoms with Crippen LogP contribution in [-0.4, -0.2) is 68.0 Å². The monoisotopic (exact) mass is 426 g/mol. The van der Waals surface area contributed by atoms with Crippen LogP contribution in [0.1, 0.15) is 17.8 Å². The summed E-state index contributed by atoms with van der Waals surface area (Å²) in [5.41, 5.74) is 1.91. The van der Waals surface area contributed by atoms with Gasteiger partial charge in [-0.3, -0.25) is 10.1 Å². The molecule has 1 aromatic rings. The number of carbonyl (C=O) groups is 2. The zero-order valence-electron chi connectivity index (χ0n) is 14.2. The summed E-state index contributed by atoms with van der Waals surface area (Å²) in [5.74, 6) is 0.518. The number of nitrogens with zero attached hydrogens (tertiary/aromatic N) is 5. The lowest BCUT2D eigenvalue weighted by atomic mass is 10.1. The molecule has 0 aromatic carbocycles. The standard InChI is InChI=1S/C15H19BrN6O2S/c1-8-7-9(2)18-14(17-8)25-6-4-5-22-10-11(19-13(22)16)21(3)15(24)20-12(10)23/h7,10-11H,4-6H2,1-3H3,(H,20,23,24). The Morgan fingerprint density at radius 1 is 1.28 bits per heavy atom. The van der Waals surface area contributed by atoms with Crippen LogP contribution < -0.4 is 5.32 Å². The largest absolute Gasteiger partial charge is 0.335 e. The van der Waals surface area contributed by atoms with Crippen LogP contribution in [-0.2, 0) is 4.79 Å². The third-order valence-corrected chi connectivity index (χ3v) is 5.64. The number of imide groups is 1. The Bertz CT molecular complexity index is 722. The van der Waals surface area contributed by atoms with Crippen molar-refractivity contribution in [1.82, 2.24) is 25.1 Å². The van der Waals surface area contributed by atoms with E-state index in [0.29, 0.717) is 11.3 Å². The van der Waals surface area contributed by atoms with E-state index in [-0.39, 0.29) is 5.91 Å². The highest BCUT2D eigenvalue weighted by Gasteiger charge is 2.47. The maximum Gasteiger partial charge on any atom is 0.325 e. The molecule has 2 atom stereocenters. The fourth-order valence-electron chi connectivity index (χ4n) is 2.88. The molecule has 2 aliphatic rings. The molecule has 3 rings (SSSR count). The van der Waals surface area contributed by atoms with Crippen LogP contribution >= 0.6 is 27.7 Å². The number of likely N-dealkylation sites (N-methyl/N-ethyl adjacent to an activating group) is 1. The number of rotatable bonds is 5. The third kappa shape index (κ3) is 3.79. The summed E-state index contributed by atoms with van der Waals surface area (Å²) in [6.45, 7) is 4.56. The summed E-state index contributed by atoms with van der Waals surface area (Å²) in [6.07, 6.45) is 0.353. The van der Waals surface area contributed by atoms with Crippen molar-refractivity contribution in [1.29, 1.82) is 0 Å². The summed E-state index contributed by atoms with van der Waals surface area (Å²) in [5, 5.41) is 3.14. The highest BCUT2D eigenvalue weighted by Crippen LogP contribution is 2.26. The molecular formula is C15H19BrN6O2S. The molecule has 0 spiro atoms. The van der Waals surface area contributed by atoms with E-state index in [9.17, 15) is 9.59 Å². The molecule has 3 heterocycles. The average molecular weight is 427 g/mol. The first kappa shape index (κ1) is 18.1. The number of aryl methyl sites for hydroxylation is 2. The number of nitrogens with one attached hydrogen (secondary N) is 1. The summed E-state index contributed by atoms with van der Waals surface area (Å²) in [4.78, 5) is 40.5. The normalized spacial score (nSPS) is 22.8. The SMILES string of the molecule is Cc1cc(C)nc(SCCCN2C(Br)=NC3C2C(=O)NC(=O)N3C)n1. The zero-order valence-corrected chi connectivity index (χ0v) is 16.6. The van der Waals surface area contributed by atoms with Gasteiger partial charge in [-0.05, 0) is 42.3 Å². The topological polar surface area (TPSA) is 90.8 Å². The zero-order chi connectivity index (χ0) is 18.1. The summed E-state index contributed by atoms with van der Waals surface area (Å²) < 4.78 is 0.604. The van der Waals surface area contributed by atoms with Crippen LogP contribution in [0.15, 0.2) is 16.2 Å². The van der Waals surface area contributed by atoms with Crippen LogP contribution in [0.3, 0.4) is 0 Å².